The lowest BCUT2D eigenvalue weighted by Crippen LogP contribution is -2.38. The number of rotatable bonds is 0. The molecule has 1 saturated heterocycles. The summed E-state index contributed by atoms with van der Waals surface area (Å²) < 4.78 is 0. The van der Waals surface area contributed by atoms with Gasteiger partial charge in [0.05, 0.1) is 0 Å². The molecule has 0 spiro atoms. The smallest absolute Gasteiger partial charge is 0.277 e. The number of piperidine rings is 1. The van der Waals surface area contributed by atoms with Gasteiger partial charge in [-0.2, -0.15) is 0 Å². The predicted octanol–water partition coefficient (Wildman–Crippen LogP) is 0.559. The van der Waals surface area contributed by atoms with Gasteiger partial charge in [0.15, 0.2) is 0 Å². The zero-order valence-corrected chi connectivity index (χ0v) is 5.43. The number of nitrogens with zero attached hydrogens (tertiary/aromatic N) is 1. The zero-order chi connectivity index (χ0) is 6.10. The highest BCUT2D eigenvalue weighted by Gasteiger charge is 2.29. The maximum atomic E-state index is 4.17. The quantitative estimate of drug-likeness (QED) is 0.498. The van der Waals surface area contributed by atoms with Gasteiger partial charge in [-0.3, -0.25) is 0 Å². The summed E-state index contributed by atoms with van der Waals surface area (Å²) in [5.74, 6) is 1.43. The summed E-state index contributed by atoms with van der Waals surface area (Å²) in [6.45, 7) is 3.27. The Kier molecular flexibility index (Phi) is 1.17. The molecule has 2 heterocycles. The summed E-state index contributed by atoms with van der Waals surface area (Å²) in [5, 5.41) is 3.36. The SMILES string of the molecule is C1#[N+]CC2CNCC1C2. The fraction of sp³-hybridized carbons (Fsp3) is 0.857. The van der Waals surface area contributed by atoms with Crippen molar-refractivity contribution in [1.82, 2.24) is 5.32 Å². The van der Waals surface area contributed by atoms with Crippen molar-refractivity contribution in [1.29, 1.82) is 0 Å². The van der Waals surface area contributed by atoms with Crippen LogP contribution in [-0.2, 0) is 0 Å². The Labute approximate surface area is 55.1 Å². The molecule has 9 heavy (non-hydrogen) atoms. The maximum Gasteiger partial charge on any atom is 0.277 e. The second-order valence-electron chi connectivity index (χ2n) is 2.93. The van der Waals surface area contributed by atoms with E-state index in [1.807, 2.05) is 0 Å². The molecule has 2 aliphatic heterocycles. The standard InChI is InChI=1S/C7H11N2/c1-6-2-8-4-7(1)5-9-3-6/h6-8H,1-4H2/q+1. The summed E-state index contributed by atoms with van der Waals surface area (Å²) in [4.78, 5) is 4.17. The van der Waals surface area contributed by atoms with E-state index in [1.165, 1.54) is 13.0 Å². The molecule has 48 valence electrons. The Hall–Kier alpha value is -0.550. The van der Waals surface area contributed by atoms with Crippen LogP contribution in [0.2, 0.25) is 0 Å². The average molecular weight is 123 g/mol. The molecule has 2 unspecified atom stereocenters. The molecule has 2 bridgehead atoms. The number of nitrogens with one attached hydrogen (secondary N) is 1. The first-order valence-corrected chi connectivity index (χ1v) is 3.58. The molecule has 2 heteroatoms. The van der Waals surface area contributed by atoms with Crippen LogP contribution in [0.4, 0.5) is 0 Å². The predicted molar refractivity (Wildman–Crippen MR) is 36.6 cm³/mol. The van der Waals surface area contributed by atoms with Crippen molar-refractivity contribution in [2.75, 3.05) is 19.6 Å². The highest BCUT2D eigenvalue weighted by Crippen LogP contribution is 2.19. The maximum absolute atomic E-state index is 4.17. The largest absolute Gasteiger partial charge is 0.315 e. The van der Waals surface area contributed by atoms with E-state index in [0.717, 1.165) is 19.0 Å². The molecular weight excluding hydrogens is 112 g/mol. The van der Waals surface area contributed by atoms with Gasteiger partial charge >= 0.3 is 0 Å². The van der Waals surface area contributed by atoms with Crippen molar-refractivity contribution in [2.45, 2.75) is 6.42 Å². The third-order valence-corrected chi connectivity index (χ3v) is 2.06. The van der Waals surface area contributed by atoms with Crippen molar-refractivity contribution in [3.8, 4) is 6.07 Å². The Bertz CT molecular complexity index is 165. The normalized spacial score (nSPS) is 39.1. The first kappa shape index (κ1) is 5.25. The molecule has 0 aromatic carbocycles. The van der Waals surface area contributed by atoms with E-state index in [-0.39, 0.29) is 0 Å². The third-order valence-electron chi connectivity index (χ3n) is 2.06. The van der Waals surface area contributed by atoms with Crippen LogP contribution in [-0.4, -0.2) is 19.6 Å². The van der Waals surface area contributed by atoms with Gasteiger partial charge in [-0.05, 0) is 6.42 Å². The van der Waals surface area contributed by atoms with Crippen LogP contribution in [0.5, 0.6) is 0 Å². The molecule has 0 saturated carbocycles. The van der Waals surface area contributed by atoms with Gasteiger partial charge in [0.1, 0.15) is 5.92 Å². The summed E-state index contributed by atoms with van der Waals surface area (Å²) >= 11 is 0. The molecule has 2 rings (SSSR count). The second kappa shape index (κ2) is 2.00. The topological polar surface area (TPSA) is 16.4 Å². The van der Waals surface area contributed by atoms with Crippen molar-refractivity contribution in [3.05, 3.63) is 4.85 Å². The van der Waals surface area contributed by atoms with Gasteiger partial charge in [-0.1, -0.05) is 4.85 Å². The highest BCUT2D eigenvalue weighted by atomic mass is 14.9. The Balaban J connectivity index is 2.14. The Morgan fingerprint density at radius 3 is 3.22 bits per heavy atom. The van der Waals surface area contributed by atoms with Crippen LogP contribution in [0, 0.1) is 17.9 Å². The number of fused-ring (bicyclic) bond motifs is 2. The lowest BCUT2D eigenvalue weighted by atomic mass is 9.90. The summed E-state index contributed by atoms with van der Waals surface area (Å²) in [6.07, 6.45) is 1.32. The molecule has 1 fully saturated rings. The molecule has 2 nitrogen and oxygen atoms in total. The molecule has 2 aliphatic rings. The number of hydrogen-bond acceptors (Lipinski definition) is 1. The van der Waals surface area contributed by atoms with Crippen LogP contribution in [0.3, 0.4) is 0 Å². The van der Waals surface area contributed by atoms with Gasteiger partial charge in [-0.15, -0.1) is 0 Å². The lowest BCUT2D eigenvalue weighted by molar-refractivity contribution is 0.338. The van der Waals surface area contributed by atoms with Gasteiger partial charge in [0, 0.05) is 19.0 Å². The molecule has 2 atom stereocenters. The summed E-state index contributed by atoms with van der Waals surface area (Å²) in [7, 11) is 0. The minimum absolute atomic E-state index is 0.623. The molecule has 0 aromatic rings. The number of hydrogen-bond donors (Lipinski definition) is 1. The molecule has 0 aromatic heterocycles. The monoisotopic (exact) mass is 123 g/mol. The molecule has 1 N–H and O–H groups in total. The lowest BCUT2D eigenvalue weighted by Gasteiger charge is -2.21. The molecule has 0 aliphatic carbocycles. The second-order valence-corrected chi connectivity index (χ2v) is 2.93. The third kappa shape index (κ3) is 0.927. The van der Waals surface area contributed by atoms with Crippen LogP contribution in [0.1, 0.15) is 6.42 Å². The molecular formula is C7H11N2+. The fourth-order valence-electron chi connectivity index (χ4n) is 1.58. The molecule has 0 amide bonds. The van der Waals surface area contributed by atoms with Crippen LogP contribution < -0.4 is 5.32 Å². The average Bonchev–Trinajstić information content (AvgIpc) is 1.88. The zero-order valence-electron chi connectivity index (χ0n) is 5.43. The van der Waals surface area contributed by atoms with Gasteiger partial charge in [0.25, 0.3) is 12.6 Å². The van der Waals surface area contributed by atoms with Gasteiger partial charge in [-0.25, -0.2) is 0 Å². The Morgan fingerprint density at radius 2 is 2.44 bits per heavy atom. The minimum atomic E-state index is 0.623. The highest BCUT2D eigenvalue weighted by molar-refractivity contribution is 5.04. The van der Waals surface area contributed by atoms with E-state index < -0.39 is 0 Å². The van der Waals surface area contributed by atoms with E-state index >= 15 is 0 Å². The van der Waals surface area contributed by atoms with Crippen molar-refractivity contribution < 1.29 is 0 Å². The fourth-order valence-corrected chi connectivity index (χ4v) is 1.58. The van der Waals surface area contributed by atoms with Crippen molar-refractivity contribution >= 4 is 0 Å². The summed E-state index contributed by atoms with van der Waals surface area (Å²) in [5.41, 5.74) is 0. The van der Waals surface area contributed by atoms with Crippen LogP contribution in [0.15, 0.2) is 0 Å². The van der Waals surface area contributed by atoms with E-state index in [1.54, 1.807) is 0 Å². The minimum Gasteiger partial charge on any atom is -0.315 e. The van der Waals surface area contributed by atoms with Crippen molar-refractivity contribution in [2.24, 2.45) is 11.8 Å². The van der Waals surface area contributed by atoms with Gasteiger partial charge in [0.2, 0.25) is 0 Å². The van der Waals surface area contributed by atoms with Crippen molar-refractivity contribution in [3.63, 3.8) is 0 Å². The van der Waals surface area contributed by atoms with Gasteiger partial charge < -0.3 is 5.32 Å². The van der Waals surface area contributed by atoms with E-state index in [4.69, 9.17) is 0 Å². The molecule has 0 radical (unpaired) electrons. The van der Waals surface area contributed by atoms with E-state index in [0.29, 0.717) is 5.92 Å². The Morgan fingerprint density at radius 1 is 1.44 bits per heavy atom. The van der Waals surface area contributed by atoms with E-state index in [2.05, 4.69) is 16.2 Å². The van der Waals surface area contributed by atoms with Crippen LogP contribution in [0.25, 0.3) is 4.85 Å². The van der Waals surface area contributed by atoms with Crippen LogP contribution >= 0.6 is 0 Å². The first-order chi connectivity index (χ1) is 4.45. The first-order valence-electron chi connectivity index (χ1n) is 3.58. The summed E-state index contributed by atoms with van der Waals surface area (Å²) in [6, 6.07) is 3.11. The van der Waals surface area contributed by atoms with E-state index in [9.17, 15) is 0 Å².